The van der Waals surface area contributed by atoms with E-state index >= 15 is 0 Å². The minimum Gasteiger partial charge on any atom is -0.373 e. The maximum Gasteiger partial charge on any atom is 0.271 e. The van der Waals surface area contributed by atoms with Crippen molar-refractivity contribution in [3.05, 3.63) is 64.8 Å². The summed E-state index contributed by atoms with van der Waals surface area (Å²) in [6, 6.07) is 11.6. The second-order valence-corrected chi connectivity index (χ2v) is 9.17. The standard InChI is InChI=1S/C26H31N7O2/c1-27-24-14-22(29-17-30-24)19-13-23(26(35)28-15-19)31-25(34)18-6-8-20(9-7-18)33-12-4-5-21(33)16-32-10-2-3-11-32/h6-9,13-15,17,21H,2-5,10-12,16H2,1H3,(H,28,35)(H,31,34)(H,27,29,30). The van der Waals surface area contributed by atoms with Crippen LogP contribution in [0.15, 0.2) is 53.7 Å². The molecule has 0 radical (unpaired) electrons. The van der Waals surface area contributed by atoms with Gasteiger partial charge in [0.2, 0.25) is 0 Å². The fourth-order valence-corrected chi connectivity index (χ4v) is 5.00. The molecule has 4 heterocycles. The number of amides is 1. The molecule has 2 aliphatic rings. The van der Waals surface area contributed by atoms with E-state index in [0.29, 0.717) is 28.7 Å². The summed E-state index contributed by atoms with van der Waals surface area (Å²) in [5.74, 6) is 0.334. The van der Waals surface area contributed by atoms with Crippen molar-refractivity contribution in [3.63, 3.8) is 0 Å². The third kappa shape index (κ3) is 5.19. The molecule has 0 spiro atoms. The number of hydrogen-bond donors (Lipinski definition) is 3. The van der Waals surface area contributed by atoms with Crippen molar-refractivity contribution in [1.29, 1.82) is 0 Å². The number of nitrogens with zero attached hydrogens (tertiary/aromatic N) is 4. The number of benzene rings is 1. The number of hydrogen-bond acceptors (Lipinski definition) is 7. The van der Waals surface area contributed by atoms with E-state index in [2.05, 4.69) is 35.4 Å². The highest BCUT2D eigenvalue weighted by Gasteiger charge is 2.27. The highest BCUT2D eigenvalue weighted by atomic mass is 16.2. The summed E-state index contributed by atoms with van der Waals surface area (Å²) >= 11 is 0. The van der Waals surface area contributed by atoms with E-state index in [1.165, 1.54) is 45.1 Å². The minimum atomic E-state index is -0.372. The zero-order valence-electron chi connectivity index (χ0n) is 20.0. The van der Waals surface area contributed by atoms with Gasteiger partial charge in [-0.2, -0.15) is 0 Å². The van der Waals surface area contributed by atoms with Crippen LogP contribution in [0, 0.1) is 0 Å². The first-order valence-electron chi connectivity index (χ1n) is 12.2. The summed E-state index contributed by atoms with van der Waals surface area (Å²) in [7, 11) is 1.77. The average Bonchev–Trinajstić information content (AvgIpc) is 3.58. The van der Waals surface area contributed by atoms with Crippen LogP contribution in [0.2, 0.25) is 0 Å². The van der Waals surface area contributed by atoms with Gasteiger partial charge < -0.3 is 25.4 Å². The smallest absolute Gasteiger partial charge is 0.271 e. The number of aromatic amines is 1. The Balaban J connectivity index is 1.28. The van der Waals surface area contributed by atoms with Crippen molar-refractivity contribution in [3.8, 4) is 11.3 Å². The molecule has 2 saturated heterocycles. The molecule has 5 rings (SSSR count). The summed E-state index contributed by atoms with van der Waals surface area (Å²) in [4.78, 5) is 41.4. The summed E-state index contributed by atoms with van der Waals surface area (Å²) in [6.07, 6.45) is 8.03. The normalized spacial score (nSPS) is 18.1. The van der Waals surface area contributed by atoms with Crippen LogP contribution in [-0.2, 0) is 0 Å². The van der Waals surface area contributed by atoms with Gasteiger partial charge in [-0.1, -0.05) is 0 Å². The summed E-state index contributed by atoms with van der Waals surface area (Å²) in [6.45, 7) is 4.57. The lowest BCUT2D eigenvalue weighted by molar-refractivity contribution is 0.102. The lowest BCUT2D eigenvalue weighted by Crippen LogP contribution is -2.39. The number of carbonyl (C=O) groups is 1. The van der Waals surface area contributed by atoms with Crippen molar-refractivity contribution >= 4 is 23.1 Å². The van der Waals surface area contributed by atoms with Crippen LogP contribution in [0.25, 0.3) is 11.3 Å². The Bertz CT molecular complexity index is 1230. The van der Waals surface area contributed by atoms with Crippen molar-refractivity contribution < 1.29 is 4.79 Å². The van der Waals surface area contributed by atoms with Crippen LogP contribution < -0.4 is 21.1 Å². The van der Waals surface area contributed by atoms with Gasteiger partial charge in [0.15, 0.2) is 0 Å². The lowest BCUT2D eigenvalue weighted by Gasteiger charge is -2.30. The van der Waals surface area contributed by atoms with Gasteiger partial charge in [-0.25, -0.2) is 9.97 Å². The van der Waals surface area contributed by atoms with Crippen molar-refractivity contribution in [2.75, 3.05) is 48.8 Å². The first kappa shape index (κ1) is 23.0. The molecule has 9 heteroatoms. The predicted octanol–water partition coefficient (Wildman–Crippen LogP) is 3.19. The van der Waals surface area contributed by atoms with E-state index in [-0.39, 0.29) is 17.2 Å². The highest BCUT2D eigenvalue weighted by Crippen LogP contribution is 2.27. The minimum absolute atomic E-state index is 0.173. The molecular formula is C26H31N7O2. The number of pyridine rings is 1. The number of anilines is 3. The molecule has 1 amide bonds. The fraction of sp³-hybridized carbons (Fsp3) is 0.385. The Kier molecular flexibility index (Phi) is 6.76. The second-order valence-electron chi connectivity index (χ2n) is 9.17. The largest absolute Gasteiger partial charge is 0.373 e. The van der Waals surface area contributed by atoms with Crippen LogP contribution in [0.5, 0.6) is 0 Å². The zero-order chi connectivity index (χ0) is 24.2. The maximum absolute atomic E-state index is 12.9. The molecule has 9 nitrogen and oxygen atoms in total. The van der Waals surface area contributed by atoms with Gasteiger partial charge in [0.05, 0.1) is 5.69 Å². The quantitative estimate of drug-likeness (QED) is 0.484. The van der Waals surface area contributed by atoms with Crippen LogP contribution in [0.1, 0.15) is 36.0 Å². The molecule has 1 atom stereocenters. The molecule has 0 saturated carbocycles. The molecule has 3 aromatic rings. The molecule has 1 unspecified atom stereocenters. The van der Waals surface area contributed by atoms with E-state index in [4.69, 9.17) is 0 Å². The Labute approximate surface area is 204 Å². The molecule has 1 aromatic carbocycles. The monoisotopic (exact) mass is 473 g/mol. The average molecular weight is 474 g/mol. The fourth-order valence-electron chi connectivity index (χ4n) is 5.00. The molecule has 2 aliphatic heterocycles. The summed E-state index contributed by atoms with van der Waals surface area (Å²) < 4.78 is 0. The van der Waals surface area contributed by atoms with Gasteiger partial charge in [-0.15, -0.1) is 0 Å². The summed E-state index contributed by atoms with van der Waals surface area (Å²) in [5, 5.41) is 5.71. The number of likely N-dealkylation sites (tertiary alicyclic amines) is 1. The number of aromatic nitrogens is 3. The Morgan fingerprint density at radius 2 is 1.89 bits per heavy atom. The summed E-state index contributed by atoms with van der Waals surface area (Å²) in [5.41, 5.74) is 2.76. The SMILES string of the molecule is CNc1cc(-c2c[nH]c(=O)c(NC(=O)c3ccc(N4CCCC4CN4CCCC4)cc3)c2)ncn1. The van der Waals surface area contributed by atoms with Crippen LogP contribution in [0.4, 0.5) is 17.2 Å². The Hall–Kier alpha value is -3.72. The molecule has 2 aromatic heterocycles. The molecule has 0 aliphatic carbocycles. The van der Waals surface area contributed by atoms with Gasteiger partial charge in [-0.3, -0.25) is 9.59 Å². The van der Waals surface area contributed by atoms with Gasteiger partial charge in [0.25, 0.3) is 11.5 Å². The molecule has 3 N–H and O–H groups in total. The van der Waals surface area contributed by atoms with Gasteiger partial charge in [-0.05, 0) is 69.1 Å². The van der Waals surface area contributed by atoms with Crippen molar-refractivity contribution in [1.82, 2.24) is 19.9 Å². The number of nitrogens with one attached hydrogen (secondary N) is 3. The molecule has 35 heavy (non-hydrogen) atoms. The number of H-pyrrole nitrogens is 1. The van der Waals surface area contributed by atoms with Crippen LogP contribution in [0.3, 0.4) is 0 Å². The van der Waals surface area contributed by atoms with Gasteiger partial charge >= 0.3 is 0 Å². The Morgan fingerprint density at radius 3 is 2.66 bits per heavy atom. The highest BCUT2D eigenvalue weighted by molar-refractivity contribution is 6.04. The zero-order valence-corrected chi connectivity index (χ0v) is 20.0. The number of carbonyl (C=O) groups excluding carboxylic acids is 1. The van der Waals surface area contributed by atoms with Crippen molar-refractivity contribution in [2.45, 2.75) is 31.7 Å². The molecule has 182 valence electrons. The molecular weight excluding hydrogens is 442 g/mol. The van der Waals surface area contributed by atoms with Gasteiger partial charge in [0, 0.05) is 55.3 Å². The third-order valence-corrected chi connectivity index (χ3v) is 6.88. The third-order valence-electron chi connectivity index (χ3n) is 6.88. The van der Waals surface area contributed by atoms with Crippen molar-refractivity contribution in [2.24, 2.45) is 0 Å². The Morgan fingerprint density at radius 1 is 1.09 bits per heavy atom. The first-order chi connectivity index (χ1) is 17.1. The lowest BCUT2D eigenvalue weighted by atomic mass is 10.1. The van der Waals surface area contributed by atoms with E-state index in [0.717, 1.165) is 18.8 Å². The van der Waals surface area contributed by atoms with E-state index in [9.17, 15) is 9.59 Å². The molecule has 2 fully saturated rings. The molecule has 0 bridgehead atoms. The maximum atomic E-state index is 12.9. The number of rotatable bonds is 7. The van der Waals surface area contributed by atoms with Crippen LogP contribution in [-0.4, -0.2) is 65.0 Å². The second kappa shape index (κ2) is 10.3. The first-order valence-corrected chi connectivity index (χ1v) is 12.2. The van der Waals surface area contributed by atoms with Crippen LogP contribution >= 0.6 is 0 Å². The van der Waals surface area contributed by atoms with E-state index in [1.54, 1.807) is 25.4 Å². The predicted molar refractivity (Wildman–Crippen MR) is 138 cm³/mol. The van der Waals surface area contributed by atoms with E-state index < -0.39 is 0 Å². The van der Waals surface area contributed by atoms with E-state index in [1.807, 2.05) is 24.3 Å². The van der Waals surface area contributed by atoms with Gasteiger partial charge in [0.1, 0.15) is 17.8 Å². The topological polar surface area (TPSA) is 106 Å².